The molecule has 0 amide bonds. The van der Waals surface area contributed by atoms with Crippen LogP contribution in [0.1, 0.15) is 36.4 Å². The standard InChI is InChI=1S/C20H24N6OS/c1-5-27-18-7-6-16(11-17(18)12-26-8-9-28-19(26)21)15(4)24-25-20-22-13(2)10-14(3)23-20/h6-11,21H,5,12H2,1-4H3,(H,22,23,25)/b21-19?,24-15-. The largest absolute Gasteiger partial charge is 0.494 e. The van der Waals surface area contributed by atoms with E-state index in [9.17, 15) is 0 Å². The van der Waals surface area contributed by atoms with Crippen LogP contribution in [0.2, 0.25) is 0 Å². The molecule has 0 unspecified atom stereocenters. The van der Waals surface area contributed by atoms with Crippen LogP contribution >= 0.6 is 11.3 Å². The van der Waals surface area contributed by atoms with Crippen LogP contribution in [0.15, 0.2) is 40.9 Å². The van der Waals surface area contributed by atoms with Gasteiger partial charge in [0, 0.05) is 28.5 Å². The third-order valence-corrected chi connectivity index (χ3v) is 4.82. The maximum atomic E-state index is 8.00. The van der Waals surface area contributed by atoms with E-state index >= 15 is 0 Å². The van der Waals surface area contributed by atoms with Crippen molar-refractivity contribution < 1.29 is 4.74 Å². The van der Waals surface area contributed by atoms with Gasteiger partial charge in [0.05, 0.1) is 18.9 Å². The molecule has 0 radical (unpaired) electrons. The zero-order chi connectivity index (χ0) is 20.1. The van der Waals surface area contributed by atoms with Crippen molar-refractivity contribution in [2.24, 2.45) is 5.10 Å². The molecule has 146 valence electrons. The number of nitrogens with one attached hydrogen (secondary N) is 2. The lowest BCUT2D eigenvalue weighted by atomic mass is 10.1. The van der Waals surface area contributed by atoms with E-state index in [0.29, 0.717) is 23.9 Å². The average molecular weight is 397 g/mol. The quantitative estimate of drug-likeness (QED) is 0.471. The van der Waals surface area contributed by atoms with Crippen molar-refractivity contribution in [2.75, 3.05) is 12.0 Å². The first-order valence-corrected chi connectivity index (χ1v) is 9.91. The van der Waals surface area contributed by atoms with Gasteiger partial charge in [-0.15, -0.1) is 11.3 Å². The Labute approximate surface area is 168 Å². The number of benzene rings is 1. The summed E-state index contributed by atoms with van der Waals surface area (Å²) >= 11 is 1.40. The topological polar surface area (TPSA) is 88.2 Å². The molecule has 1 aromatic carbocycles. The Kier molecular flexibility index (Phi) is 6.20. The highest BCUT2D eigenvalue weighted by molar-refractivity contribution is 7.06. The van der Waals surface area contributed by atoms with Crippen molar-refractivity contribution >= 4 is 23.0 Å². The molecule has 2 N–H and O–H groups in total. The van der Waals surface area contributed by atoms with Gasteiger partial charge in [-0.1, -0.05) is 0 Å². The van der Waals surface area contributed by atoms with Crippen molar-refractivity contribution in [3.63, 3.8) is 0 Å². The molecule has 8 heteroatoms. The van der Waals surface area contributed by atoms with Crippen LogP contribution in [0.4, 0.5) is 5.95 Å². The van der Waals surface area contributed by atoms with E-state index in [1.54, 1.807) is 0 Å². The summed E-state index contributed by atoms with van der Waals surface area (Å²) in [5.74, 6) is 1.30. The van der Waals surface area contributed by atoms with Crippen molar-refractivity contribution in [2.45, 2.75) is 34.2 Å². The van der Waals surface area contributed by atoms with Gasteiger partial charge in [-0.2, -0.15) is 5.10 Å². The van der Waals surface area contributed by atoms with Gasteiger partial charge in [0.2, 0.25) is 5.95 Å². The first-order valence-electron chi connectivity index (χ1n) is 9.03. The fraction of sp³-hybridized carbons (Fsp3) is 0.300. The molecule has 0 aliphatic carbocycles. The smallest absolute Gasteiger partial charge is 0.243 e. The van der Waals surface area contributed by atoms with Gasteiger partial charge in [0.1, 0.15) is 5.75 Å². The van der Waals surface area contributed by atoms with Crippen molar-refractivity contribution in [3.05, 3.63) is 63.2 Å². The van der Waals surface area contributed by atoms with E-state index in [0.717, 1.165) is 34.0 Å². The maximum Gasteiger partial charge on any atom is 0.243 e. The highest BCUT2D eigenvalue weighted by Gasteiger charge is 2.09. The second kappa shape index (κ2) is 8.79. The van der Waals surface area contributed by atoms with Crippen LogP contribution in [0.25, 0.3) is 0 Å². The average Bonchev–Trinajstić information content (AvgIpc) is 3.05. The van der Waals surface area contributed by atoms with E-state index in [-0.39, 0.29) is 0 Å². The number of thiazole rings is 1. The number of rotatable bonds is 7. The molecule has 2 heterocycles. The van der Waals surface area contributed by atoms with Crippen LogP contribution in [-0.4, -0.2) is 26.9 Å². The molecule has 3 aromatic rings. The van der Waals surface area contributed by atoms with Gasteiger partial charge >= 0.3 is 0 Å². The molecule has 0 saturated carbocycles. The fourth-order valence-electron chi connectivity index (χ4n) is 2.81. The minimum absolute atomic E-state index is 0.482. The molecule has 7 nitrogen and oxygen atoms in total. The van der Waals surface area contributed by atoms with Gasteiger partial charge < -0.3 is 9.30 Å². The molecule has 0 bridgehead atoms. The number of aryl methyl sites for hydroxylation is 2. The molecule has 0 aliphatic rings. The Morgan fingerprint density at radius 2 is 2.00 bits per heavy atom. The molecule has 3 rings (SSSR count). The fourth-order valence-corrected chi connectivity index (χ4v) is 3.41. The van der Waals surface area contributed by atoms with Crippen LogP contribution in [0.5, 0.6) is 5.75 Å². The number of hydrogen-bond acceptors (Lipinski definition) is 7. The molecule has 0 spiro atoms. The first kappa shape index (κ1) is 19.8. The van der Waals surface area contributed by atoms with E-state index in [1.165, 1.54) is 11.3 Å². The van der Waals surface area contributed by atoms with E-state index < -0.39 is 0 Å². The Morgan fingerprint density at radius 3 is 2.64 bits per heavy atom. The SMILES string of the molecule is CCOc1ccc(/C(C)=N\Nc2nc(C)cc(C)n2)cc1Cn1ccsc1=N. The Balaban J connectivity index is 1.87. The summed E-state index contributed by atoms with van der Waals surface area (Å²) in [5, 5.41) is 14.3. The van der Waals surface area contributed by atoms with E-state index in [1.807, 2.05) is 62.0 Å². The lowest BCUT2D eigenvalue weighted by Crippen LogP contribution is -2.14. The van der Waals surface area contributed by atoms with E-state index in [4.69, 9.17) is 10.1 Å². The third kappa shape index (κ3) is 4.83. The van der Waals surface area contributed by atoms with Crippen LogP contribution < -0.4 is 15.0 Å². The van der Waals surface area contributed by atoms with Crippen LogP contribution in [0, 0.1) is 19.3 Å². The number of ether oxygens (including phenoxy) is 1. The summed E-state index contributed by atoms with van der Waals surface area (Å²) in [4.78, 5) is 9.19. The van der Waals surface area contributed by atoms with E-state index in [2.05, 4.69) is 26.6 Å². The predicted octanol–water partition coefficient (Wildman–Crippen LogP) is 3.72. The van der Waals surface area contributed by atoms with Crippen LogP contribution in [-0.2, 0) is 6.54 Å². The number of nitrogens with zero attached hydrogens (tertiary/aromatic N) is 4. The molecule has 0 saturated heterocycles. The molecular formula is C20H24N6OS. The second-order valence-electron chi connectivity index (χ2n) is 6.37. The zero-order valence-corrected chi connectivity index (χ0v) is 17.3. The summed E-state index contributed by atoms with van der Waals surface area (Å²) in [5.41, 5.74) is 7.52. The van der Waals surface area contributed by atoms with Gasteiger partial charge in [-0.05, 0) is 57.5 Å². The normalized spacial score (nSPS) is 11.5. The van der Waals surface area contributed by atoms with Gasteiger partial charge in [-0.3, -0.25) is 5.41 Å². The zero-order valence-electron chi connectivity index (χ0n) is 16.5. The number of hydrogen-bond donors (Lipinski definition) is 2. The number of anilines is 1. The van der Waals surface area contributed by atoms with Gasteiger partial charge in [0.25, 0.3) is 0 Å². The molecule has 0 atom stereocenters. The Morgan fingerprint density at radius 1 is 1.25 bits per heavy atom. The monoisotopic (exact) mass is 396 g/mol. The lowest BCUT2D eigenvalue weighted by Gasteiger charge is -2.13. The summed E-state index contributed by atoms with van der Waals surface area (Å²) in [6, 6.07) is 7.91. The van der Waals surface area contributed by atoms with Crippen molar-refractivity contribution in [1.29, 1.82) is 5.41 Å². The molecule has 0 fully saturated rings. The molecule has 0 aliphatic heterocycles. The second-order valence-corrected chi connectivity index (χ2v) is 7.27. The number of aromatic nitrogens is 3. The summed E-state index contributed by atoms with van der Waals surface area (Å²) in [7, 11) is 0. The van der Waals surface area contributed by atoms with Gasteiger partial charge in [0.15, 0.2) is 4.80 Å². The van der Waals surface area contributed by atoms with Crippen LogP contribution in [0.3, 0.4) is 0 Å². The predicted molar refractivity (Wildman–Crippen MR) is 112 cm³/mol. The van der Waals surface area contributed by atoms with Crippen molar-refractivity contribution in [1.82, 2.24) is 14.5 Å². The third-order valence-electron chi connectivity index (χ3n) is 4.11. The maximum absolute atomic E-state index is 8.00. The minimum atomic E-state index is 0.482. The summed E-state index contributed by atoms with van der Waals surface area (Å²) in [6.07, 6.45) is 1.91. The first-order chi connectivity index (χ1) is 13.5. The number of hydrazone groups is 1. The lowest BCUT2D eigenvalue weighted by molar-refractivity contribution is 0.335. The summed E-state index contributed by atoms with van der Waals surface area (Å²) < 4.78 is 7.66. The highest BCUT2D eigenvalue weighted by Crippen LogP contribution is 2.22. The molecule has 28 heavy (non-hydrogen) atoms. The molecule has 2 aromatic heterocycles. The Hall–Kier alpha value is -3.00. The molecular weight excluding hydrogens is 372 g/mol. The highest BCUT2D eigenvalue weighted by atomic mass is 32.1. The van der Waals surface area contributed by atoms with Gasteiger partial charge in [-0.25, -0.2) is 15.4 Å². The minimum Gasteiger partial charge on any atom is -0.494 e. The van der Waals surface area contributed by atoms with Crippen molar-refractivity contribution in [3.8, 4) is 5.75 Å². The summed E-state index contributed by atoms with van der Waals surface area (Å²) in [6.45, 7) is 8.92. The Bertz CT molecular complexity index is 1030.